The maximum Gasteiger partial charge on any atom is 0.484 e. The van der Waals surface area contributed by atoms with Crippen molar-refractivity contribution in [2.24, 2.45) is 11.8 Å². The van der Waals surface area contributed by atoms with Gasteiger partial charge >= 0.3 is 28.4 Å². The highest BCUT2D eigenvalue weighted by molar-refractivity contribution is 7.70. The second kappa shape index (κ2) is 17.7. The quantitative estimate of drug-likeness (QED) is 0.0773. The minimum atomic E-state index is -5.32. The first-order chi connectivity index (χ1) is 25.6. The summed E-state index contributed by atoms with van der Waals surface area (Å²) in [4.78, 5) is 86.6. The van der Waals surface area contributed by atoms with Gasteiger partial charge in [0.25, 0.3) is 5.91 Å². The van der Waals surface area contributed by atoms with E-state index in [0.717, 1.165) is 5.56 Å². The van der Waals surface area contributed by atoms with Crippen LogP contribution in [0.2, 0.25) is 0 Å². The lowest BCUT2D eigenvalue weighted by Gasteiger charge is -2.31. The van der Waals surface area contributed by atoms with Crippen LogP contribution in [0.15, 0.2) is 48.9 Å². The molecule has 0 unspecified atom stereocenters. The van der Waals surface area contributed by atoms with Gasteiger partial charge in [0.2, 0.25) is 11.4 Å². The molecule has 1 saturated heterocycles. The van der Waals surface area contributed by atoms with E-state index in [2.05, 4.69) is 39.3 Å². The third-order valence-electron chi connectivity index (χ3n) is 10.1. The van der Waals surface area contributed by atoms with Crippen LogP contribution in [0.4, 0.5) is 4.79 Å². The van der Waals surface area contributed by atoms with Crippen molar-refractivity contribution in [3.05, 3.63) is 60.2 Å². The Morgan fingerprint density at radius 2 is 1.65 bits per heavy atom. The molecule has 5 rings (SSSR count). The summed E-state index contributed by atoms with van der Waals surface area (Å²) >= 11 is 0. The number of ether oxygens (including phenoxy) is 1. The Hall–Kier alpha value is -3.25. The number of carbonyl (C=O) groups excluding carboxylic acids is 3. The number of benzene rings is 1. The van der Waals surface area contributed by atoms with Crippen molar-refractivity contribution in [3.8, 4) is 0 Å². The van der Waals surface area contributed by atoms with Crippen LogP contribution in [0.25, 0.3) is 0 Å². The molecule has 2 heterocycles. The highest BCUT2D eigenvalue weighted by Gasteiger charge is 2.70. The van der Waals surface area contributed by atoms with E-state index < -0.39 is 50.8 Å². The summed E-state index contributed by atoms with van der Waals surface area (Å²) in [6.07, 6.45) is 6.39. The molecule has 21 heteroatoms. The van der Waals surface area contributed by atoms with Gasteiger partial charge in [-0.25, -0.2) is 9.78 Å². The van der Waals surface area contributed by atoms with Gasteiger partial charge in [-0.3, -0.25) is 29.0 Å². The molecule has 2 saturated carbocycles. The molecule has 4 atom stereocenters. The monoisotopic (exact) mass is 794 g/mol. The molecule has 3 amide bonds. The molecule has 1 aliphatic heterocycles. The van der Waals surface area contributed by atoms with E-state index in [-0.39, 0.29) is 36.0 Å². The van der Waals surface area contributed by atoms with Crippen molar-refractivity contribution in [2.45, 2.75) is 74.8 Å². The number of rotatable bonds is 15. The van der Waals surface area contributed by atoms with E-state index in [0.29, 0.717) is 71.4 Å². The molecule has 3 fully saturated rings. The van der Waals surface area contributed by atoms with Crippen molar-refractivity contribution < 1.29 is 57.1 Å². The molecule has 0 radical (unpaired) electrons. The molecule has 1 aromatic carbocycles. The normalized spacial score (nSPS) is 25.1. The Morgan fingerprint density at radius 3 is 2.22 bits per heavy atom. The zero-order valence-electron chi connectivity index (χ0n) is 30.3. The largest absolute Gasteiger partial charge is 0.484 e. The fraction of sp³-hybridized carbons (Fsp3) is 0.606. The lowest BCUT2D eigenvalue weighted by atomic mass is 9.71. The molecule has 18 nitrogen and oxygen atoms in total. The van der Waals surface area contributed by atoms with Gasteiger partial charge in [0.1, 0.15) is 11.2 Å². The molecule has 296 valence electrons. The number of hydrogen-bond donors (Lipinski definition) is 7. The maximum absolute atomic E-state index is 14.4. The number of amides is 3. The Balaban J connectivity index is 1.14. The first kappa shape index (κ1) is 41.9. The van der Waals surface area contributed by atoms with Gasteiger partial charge in [-0.15, -0.1) is 0 Å². The summed E-state index contributed by atoms with van der Waals surface area (Å²) < 4.78 is 40.3. The Labute approximate surface area is 314 Å². The van der Waals surface area contributed by atoms with Gasteiger partial charge in [0, 0.05) is 44.6 Å². The fourth-order valence-corrected chi connectivity index (χ4v) is 9.28. The lowest BCUT2D eigenvalue weighted by molar-refractivity contribution is -0.125. The smallest absolute Gasteiger partial charge is 0.450 e. The molecular weight excluding hydrogens is 745 g/mol. The average molecular weight is 795 g/mol. The zero-order valence-corrected chi connectivity index (χ0v) is 32.1. The van der Waals surface area contributed by atoms with Gasteiger partial charge in [-0.1, -0.05) is 44.2 Å². The number of alkyl carbamates (subject to hydrolysis) is 1. The molecule has 0 bridgehead atoms. The van der Waals surface area contributed by atoms with Gasteiger partial charge in [-0.2, -0.15) is 0 Å². The number of nitrogens with zero attached hydrogens (tertiary/aromatic N) is 3. The minimum Gasteiger partial charge on any atom is -0.450 e. The summed E-state index contributed by atoms with van der Waals surface area (Å²) in [5, 5.41) is 7.89. The predicted molar refractivity (Wildman–Crippen MR) is 195 cm³/mol. The first-order valence-corrected chi connectivity index (χ1v) is 21.4. The summed E-state index contributed by atoms with van der Waals surface area (Å²) in [6.45, 7) is 6.90. The van der Waals surface area contributed by atoms with E-state index in [1.165, 1.54) is 18.6 Å². The van der Waals surface area contributed by atoms with Crippen molar-refractivity contribution in [1.29, 1.82) is 0 Å². The van der Waals surface area contributed by atoms with Crippen LogP contribution in [0.1, 0.15) is 74.3 Å². The first-order valence-electron chi connectivity index (χ1n) is 18.0. The van der Waals surface area contributed by atoms with E-state index in [9.17, 15) is 23.5 Å². The number of carbonyl (C=O) groups is 3. The van der Waals surface area contributed by atoms with Crippen LogP contribution in [0, 0.1) is 11.8 Å². The number of unbranched alkanes of at least 4 members (excludes halogenated alkanes) is 1. The van der Waals surface area contributed by atoms with E-state index in [1.54, 1.807) is 5.32 Å². The van der Waals surface area contributed by atoms with Gasteiger partial charge < -0.3 is 49.2 Å². The van der Waals surface area contributed by atoms with E-state index >= 15 is 0 Å². The molecule has 0 spiro atoms. The van der Waals surface area contributed by atoms with Crippen LogP contribution < -0.4 is 16.0 Å². The molecule has 2 aromatic rings. The SMILES string of the molecule is CC(C)[C@@H]1C[C@@]1(NC(=O)[C@@]1(NC(=O)c2cnccn2)C[C@@H]1c1ccccc1)B1OCCCN(CCCCOC(=O)NC(P(=O)(O)O)P(=O)(O)O)CCCO1. The third-order valence-corrected chi connectivity index (χ3v) is 13.4. The highest BCUT2D eigenvalue weighted by Crippen LogP contribution is 2.58. The van der Waals surface area contributed by atoms with Crippen LogP contribution in [-0.2, 0) is 28.0 Å². The number of hydrogen-bond acceptors (Lipinski definition) is 11. The highest BCUT2D eigenvalue weighted by atomic mass is 31.2. The predicted octanol–water partition coefficient (Wildman–Crippen LogP) is 1.97. The molecule has 1 aromatic heterocycles. The zero-order chi connectivity index (χ0) is 39.1. The van der Waals surface area contributed by atoms with Crippen LogP contribution >= 0.6 is 15.2 Å². The molecular formula is C33H49BN6O12P2. The molecule has 2 aliphatic carbocycles. The van der Waals surface area contributed by atoms with E-state index in [4.69, 9.17) is 33.6 Å². The maximum atomic E-state index is 14.4. The number of nitrogens with one attached hydrogen (secondary N) is 3. The molecule has 54 heavy (non-hydrogen) atoms. The summed E-state index contributed by atoms with van der Waals surface area (Å²) in [5.41, 5.74) is -3.58. The van der Waals surface area contributed by atoms with Gasteiger partial charge in [0.05, 0.1) is 18.2 Å². The second-order valence-corrected chi connectivity index (χ2v) is 18.2. The molecule has 7 N–H and O–H groups in total. The molecule has 3 aliphatic rings. The van der Waals surface area contributed by atoms with Crippen molar-refractivity contribution >= 4 is 40.2 Å². The fourth-order valence-electron chi connectivity index (χ4n) is 7.16. The van der Waals surface area contributed by atoms with Crippen LogP contribution in [0.3, 0.4) is 0 Å². The Kier molecular flexibility index (Phi) is 13.7. The summed E-state index contributed by atoms with van der Waals surface area (Å²) in [6, 6.07) is 9.62. The third kappa shape index (κ3) is 10.5. The van der Waals surface area contributed by atoms with Crippen molar-refractivity contribution in [2.75, 3.05) is 39.5 Å². The van der Waals surface area contributed by atoms with Gasteiger partial charge in [-0.05, 0) is 62.5 Å². The lowest BCUT2D eigenvalue weighted by Crippen LogP contribution is -2.60. The number of aromatic nitrogens is 2. The standard InChI is InChI=1S/C33H49BN6O12P2/c1-23(2)25-21-33(25,39-29(42)32(20-26(32)24-10-4-3-5-11-24)38-28(41)27-22-35-12-13-36-27)34-51-18-8-15-40(16-9-19-52-34)14-6-7-17-50-30(43)37-31(53(44,45)46)54(47,48)49/h3-5,10-13,22-23,25-26,31H,6-9,14-21H2,1-2H3,(H,37,43)(H,38,41)(H,39,42)(H2,44,45,46)(H2,47,48,49)/t25-,26+,32+,33-/m0/s1. The van der Waals surface area contributed by atoms with E-state index in [1.807, 2.05) is 30.3 Å². The van der Waals surface area contributed by atoms with Crippen LogP contribution in [0.5, 0.6) is 0 Å². The second-order valence-electron chi connectivity index (χ2n) is 14.4. The Bertz CT molecular complexity index is 1670. The van der Waals surface area contributed by atoms with Crippen LogP contribution in [-0.4, -0.2) is 115 Å². The van der Waals surface area contributed by atoms with Crippen molar-refractivity contribution in [3.63, 3.8) is 0 Å². The average Bonchev–Trinajstić information content (AvgIpc) is 4.04. The minimum absolute atomic E-state index is 0.0938. The Morgan fingerprint density at radius 1 is 0.981 bits per heavy atom. The topological polar surface area (TPSA) is 259 Å². The van der Waals surface area contributed by atoms with Crippen molar-refractivity contribution in [1.82, 2.24) is 30.8 Å². The summed E-state index contributed by atoms with van der Waals surface area (Å²) in [5.74, 6) is -0.689. The summed E-state index contributed by atoms with van der Waals surface area (Å²) in [7, 11) is -11.3. The van der Waals surface area contributed by atoms with Gasteiger partial charge in [0.15, 0.2) is 0 Å².